The number of nitrogens with zero attached hydrogens (tertiary/aromatic N) is 2. The van der Waals surface area contributed by atoms with E-state index < -0.39 is 31.3 Å². The summed E-state index contributed by atoms with van der Waals surface area (Å²) < 4.78 is 26.4. The molecule has 0 unspecified atom stereocenters. The second kappa shape index (κ2) is 8.51. The van der Waals surface area contributed by atoms with Gasteiger partial charge in [-0.1, -0.05) is 23.7 Å². The first kappa shape index (κ1) is 23.1. The molecular formula is C23H25ClN4O5S. The van der Waals surface area contributed by atoms with Gasteiger partial charge in [-0.15, -0.1) is 0 Å². The van der Waals surface area contributed by atoms with Gasteiger partial charge in [-0.25, -0.2) is 8.42 Å². The van der Waals surface area contributed by atoms with Gasteiger partial charge < -0.3 is 20.1 Å². The van der Waals surface area contributed by atoms with E-state index in [4.69, 9.17) is 11.6 Å². The van der Waals surface area contributed by atoms with Crippen LogP contribution in [0.5, 0.6) is 0 Å². The van der Waals surface area contributed by atoms with Gasteiger partial charge in [0.15, 0.2) is 9.84 Å². The van der Waals surface area contributed by atoms with Crippen molar-refractivity contribution in [1.29, 1.82) is 0 Å². The zero-order chi connectivity index (χ0) is 24.1. The Morgan fingerprint density at radius 3 is 2.41 bits per heavy atom. The fraction of sp³-hybridized carbons (Fsp3) is 0.435. The first-order chi connectivity index (χ1) is 16.2. The lowest BCUT2D eigenvalue weighted by Crippen LogP contribution is -2.57. The van der Waals surface area contributed by atoms with E-state index in [1.165, 1.54) is 21.6 Å². The monoisotopic (exact) mass is 504 g/mol. The van der Waals surface area contributed by atoms with Crippen molar-refractivity contribution in [1.82, 2.24) is 20.1 Å². The van der Waals surface area contributed by atoms with Crippen molar-refractivity contribution in [3.05, 3.63) is 68.6 Å². The van der Waals surface area contributed by atoms with Crippen LogP contribution in [0.2, 0.25) is 5.02 Å². The molecule has 1 saturated heterocycles. The molecule has 0 bridgehead atoms. The summed E-state index contributed by atoms with van der Waals surface area (Å²) in [6.45, 7) is 1.72. The molecule has 2 N–H and O–H groups in total. The SMILES string of the molecule is O=C(NCc1ccc(Cl)cc1)c1ccc2n(c1=O)CCN(CC1(S(=O)(=O)C3CNC3)CC1)C2=O. The number of amides is 2. The second-order valence-corrected chi connectivity index (χ2v) is 12.2. The molecule has 5 rings (SSSR count). The normalized spacial score (nSPS) is 19.3. The van der Waals surface area contributed by atoms with E-state index in [2.05, 4.69) is 10.6 Å². The van der Waals surface area contributed by atoms with Gasteiger partial charge in [0.25, 0.3) is 17.4 Å². The van der Waals surface area contributed by atoms with Crippen LogP contribution >= 0.6 is 11.6 Å². The number of carbonyl (C=O) groups excluding carboxylic acids is 2. The molecular weight excluding hydrogens is 480 g/mol. The van der Waals surface area contributed by atoms with E-state index in [-0.39, 0.29) is 43.3 Å². The molecule has 0 radical (unpaired) electrons. The fourth-order valence-electron chi connectivity index (χ4n) is 4.53. The number of pyridine rings is 1. The largest absolute Gasteiger partial charge is 0.348 e. The van der Waals surface area contributed by atoms with Crippen LogP contribution in [0, 0.1) is 0 Å². The summed E-state index contributed by atoms with van der Waals surface area (Å²) in [5.74, 6) is -0.910. The summed E-state index contributed by atoms with van der Waals surface area (Å²) in [6.07, 6.45) is 1.10. The van der Waals surface area contributed by atoms with Crippen molar-refractivity contribution in [3.63, 3.8) is 0 Å². The summed E-state index contributed by atoms with van der Waals surface area (Å²) in [5, 5.41) is 5.91. The number of rotatable bonds is 7. The third kappa shape index (κ3) is 3.93. The van der Waals surface area contributed by atoms with Crippen LogP contribution in [-0.4, -0.2) is 65.9 Å². The molecule has 2 aromatic rings. The molecule has 3 aliphatic rings. The first-order valence-electron chi connectivity index (χ1n) is 11.2. The summed E-state index contributed by atoms with van der Waals surface area (Å²) in [5.41, 5.74) is 0.429. The van der Waals surface area contributed by atoms with Gasteiger partial charge in [-0.05, 0) is 42.7 Å². The number of nitrogens with one attached hydrogen (secondary N) is 2. The predicted molar refractivity (Wildman–Crippen MR) is 127 cm³/mol. The maximum atomic E-state index is 13.1. The van der Waals surface area contributed by atoms with Crippen molar-refractivity contribution >= 4 is 33.3 Å². The third-order valence-corrected chi connectivity index (χ3v) is 10.2. The van der Waals surface area contributed by atoms with E-state index in [9.17, 15) is 22.8 Å². The van der Waals surface area contributed by atoms with Crippen LogP contribution < -0.4 is 16.2 Å². The van der Waals surface area contributed by atoms with Crippen LogP contribution in [0.3, 0.4) is 0 Å². The molecule has 2 aliphatic heterocycles. The molecule has 1 aliphatic carbocycles. The average molecular weight is 505 g/mol. The number of hydrogen-bond acceptors (Lipinski definition) is 6. The zero-order valence-electron chi connectivity index (χ0n) is 18.4. The van der Waals surface area contributed by atoms with Crippen molar-refractivity contribution in [2.75, 3.05) is 26.2 Å². The van der Waals surface area contributed by atoms with Crippen LogP contribution in [0.1, 0.15) is 39.3 Å². The van der Waals surface area contributed by atoms with Crippen molar-refractivity contribution in [2.45, 2.75) is 35.9 Å². The van der Waals surface area contributed by atoms with E-state index in [0.29, 0.717) is 31.0 Å². The van der Waals surface area contributed by atoms with E-state index in [0.717, 1.165) is 5.56 Å². The number of carbonyl (C=O) groups is 2. The highest BCUT2D eigenvalue weighted by molar-refractivity contribution is 7.93. The Morgan fingerprint density at radius 2 is 1.79 bits per heavy atom. The number of aromatic nitrogens is 1. The molecule has 9 nitrogen and oxygen atoms in total. The number of halogens is 1. The molecule has 1 aromatic carbocycles. The predicted octanol–water partition coefficient (Wildman–Crippen LogP) is 0.807. The average Bonchev–Trinajstić information content (AvgIpc) is 3.55. The summed E-state index contributed by atoms with van der Waals surface area (Å²) in [6, 6.07) is 9.82. The van der Waals surface area contributed by atoms with Gasteiger partial charge in [-0.3, -0.25) is 14.4 Å². The third-order valence-electron chi connectivity index (χ3n) is 6.96. The maximum absolute atomic E-state index is 13.1. The Hall–Kier alpha value is -2.69. The Morgan fingerprint density at radius 1 is 1.09 bits per heavy atom. The Labute approximate surface area is 202 Å². The van der Waals surface area contributed by atoms with Crippen LogP contribution in [0.4, 0.5) is 0 Å². The number of benzene rings is 1. The molecule has 1 saturated carbocycles. The first-order valence-corrected chi connectivity index (χ1v) is 13.1. The van der Waals surface area contributed by atoms with Crippen molar-refractivity contribution in [3.8, 4) is 0 Å². The molecule has 2 amide bonds. The van der Waals surface area contributed by atoms with Gasteiger partial charge in [0.1, 0.15) is 11.3 Å². The summed E-state index contributed by atoms with van der Waals surface area (Å²) in [4.78, 5) is 40.2. The summed E-state index contributed by atoms with van der Waals surface area (Å²) in [7, 11) is -3.33. The molecule has 0 atom stereocenters. The van der Waals surface area contributed by atoms with Crippen LogP contribution in [0.25, 0.3) is 0 Å². The van der Waals surface area contributed by atoms with Gasteiger partial charge in [0, 0.05) is 44.3 Å². The Balaban J connectivity index is 1.30. The smallest absolute Gasteiger partial charge is 0.270 e. The number of hydrogen-bond donors (Lipinski definition) is 2. The van der Waals surface area contributed by atoms with Crippen LogP contribution in [-0.2, 0) is 22.9 Å². The van der Waals surface area contributed by atoms with E-state index >= 15 is 0 Å². The second-order valence-electron chi connectivity index (χ2n) is 9.13. The van der Waals surface area contributed by atoms with Crippen molar-refractivity contribution < 1.29 is 18.0 Å². The lowest BCUT2D eigenvalue weighted by atomic mass is 10.1. The standard InChI is InChI=1S/C23H25ClN4O5S/c24-16-3-1-15(2-4-16)11-26-20(29)18-5-6-19-22(31)27(9-10-28(19)21(18)30)14-23(7-8-23)34(32,33)17-12-25-13-17/h1-6,17,25H,7-14H2,(H,26,29). The van der Waals surface area contributed by atoms with Gasteiger partial charge in [-0.2, -0.15) is 0 Å². The lowest BCUT2D eigenvalue weighted by Gasteiger charge is -2.36. The van der Waals surface area contributed by atoms with Gasteiger partial charge in [0.05, 0.1) is 10.00 Å². The van der Waals surface area contributed by atoms with Gasteiger partial charge >= 0.3 is 0 Å². The van der Waals surface area contributed by atoms with E-state index in [1.807, 2.05) is 0 Å². The molecule has 11 heteroatoms. The minimum atomic E-state index is -3.33. The maximum Gasteiger partial charge on any atom is 0.270 e. The Bertz CT molecular complexity index is 1310. The van der Waals surface area contributed by atoms with E-state index in [1.54, 1.807) is 24.3 Å². The van der Waals surface area contributed by atoms with Crippen molar-refractivity contribution in [2.24, 2.45) is 0 Å². The number of sulfone groups is 1. The zero-order valence-corrected chi connectivity index (χ0v) is 20.0. The topological polar surface area (TPSA) is 118 Å². The van der Waals surface area contributed by atoms with Gasteiger partial charge in [0.2, 0.25) is 0 Å². The highest BCUT2D eigenvalue weighted by Crippen LogP contribution is 2.47. The molecule has 1 aromatic heterocycles. The summed E-state index contributed by atoms with van der Waals surface area (Å²) >= 11 is 5.87. The quantitative estimate of drug-likeness (QED) is 0.576. The molecule has 3 heterocycles. The fourth-order valence-corrected chi connectivity index (χ4v) is 7.04. The molecule has 34 heavy (non-hydrogen) atoms. The minimum Gasteiger partial charge on any atom is -0.348 e. The molecule has 0 spiro atoms. The highest BCUT2D eigenvalue weighted by Gasteiger charge is 2.59. The highest BCUT2D eigenvalue weighted by atomic mass is 35.5. The number of fused-ring (bicyclic) bond motifs is 1. The minimum absolute atomic E-state index is 0.0438. The van der Waals surface area contributed by atoms with Crippen LogP contribution in [0.15, 0.2) is 41.2 Å². The lowest BCUT2D eigenvalue weighted by molar-refractivity contribution is 0.0694. The molecule has 2 fully saturated rings. The molecule has 180 valence electrons. The Kier molecular flexibility index (Phi) is 5.78.